The molecule has 1 aromatic heterocycles. The summed E-state index contributed by atoms with van der Waals surface area (Å²) in [6.07, 6.45) is 3.53. The van der Waals surface area contributed by atoms with Crippen molar-refractivity contribution < 1.29 is 4.79 Å². The Labute approximate surface area is 167 Å². The lowest BCUT2D eigenvalue weighted by molar-refractivity contribution is 0.225. The smallest absolute Gasteiger partial charge is 0.315 e. The minimum Gasteiger partial charge on any atom is -0.355 e. The van der Waals surface area contributed by atoms with E-state index >= 15 is 0 Å². The van der Waals surface area contributed by atoms with Crippen molar-refractivity contribution in [3.05, 3.63) is 16.8 Å². The number of aromatic nitrogens is 2. The van der Waals surface area contributed by atoms with Gasteiger partial charge in [0.05, 0.1) is 5.71 Å². The van der Waals surface area contributed by atoms with Crippen LogP contribution in [0.25, 0.3) is 0 Å². The number of nitrogens with zero attached hydrogens (tertiary/aromatic N) is 4. The first-order valence-electron chi connectivity index (χ1n) is 9.78. The number of amides is 2. The van der Waals surface area contributed by atoms with Gasteiger partial charge in [0, 0.05) is 44.4 Å². The Bertz CT molecular complexity index is 744. The van der Waals surface area contributed by atoms with Gasteiger partial charge in [-0.1, -0.05) is 0 Å². The van der Waals surface area contributed by atoms with Crippen molar-refractivity contribution in [2.75, 3.05) is 25.0 Å². The largest absolute Gasteiger partial charge is 0.355 e. The minimum atomic E-state index is -0.241. The molecule has 0 aliphatic carbocycles. The minimum absolute atomic E-state index is 0.111. The lowest BCUT2D eigenvalue weighted by Gasteiger charge is -2.34. The van der Waals surface area contributed by atoms with Crippen LogP contribution in [-0.2, 0) is 0 Å². The molecule has 1 aliphatic rings. The molecule has 1 aliphatic heterocycles. The Balaban J connectivity index is 2.04. The van der Waals surface area contributed by atoms with Gasteiger partial charge in [-0.3, -0.25) is 4.99 Å². The fourth-order valence-electron chi connectivity index (χ4n) is 3.36. The van der Waals surface area contributed by atoms with Crippen LogP contribution >= 0.6 is 0 Å². The van der Waals surface area contributed by atoms with E-state index in [0.29, 0.717) is 6.42 Å². The second-order valence-electron chi connectivity index (χ2n) is 8.31. The number of anilines is 1. The molecular weight excluding hydrogens is 354 g/mol. The van der Waals surface area contributed by atoms with Crippen LogP contribution in [0.1, 0.15) is 56.9 Å². The summed E-state index contributed by atoms with van der Waals surface area (Å²) < 4.78 is 0. The number of urea groups is 1. The van der Waals surface area contributed by atoms with Gasteiger partial charge in [-0.25, -0.2) is 4.79 Å². The van der Waals surface area contributed by atoms with Crippen molar-refractivity contribution in [2.45, 2.75) is 65.5 Å². The molecule has 1 aromatic rings. The van der Waals surface area contributed by atoms with Gasteiger partial charge in [0.1, 0.15) is 5.69 Å². The third-order valence-electron chi connectivity index (χ3n) is 4.95. The molecule has 1 fully saturated rings. The number of hydrogen-bond donors (Lipinski definition) is 3. The van der Waals surface area contributed by atoms with Crippen LogP contribution in [0.2, 0.25) is 0 Å². The first-order chi connectivity index (χ1) is 13.2. The first kappa shape index (κ1) is 21.8. The van der Waals surface area contributed by atoms with E-state index in [1.165, 1.54) is 6.21 Å². The summed E-state index contributed by atoms with van der Waals surface area (Å²) in [6.45, 7) is 11.6. The molecule has 0 saturated carbocycles. The molecule has 0 atom stereocenters. The van der Waals surface area contributed by atoms with Gasteiger partial charge in [0.2, 0.25) is 0 Å². The molecule has 8 heteroatoms. The number of carbonyl (C=O) groups excluding carboxylic acids is 1. The van der Waals surface area contributed by atoms with E-state index in [0.717, 1.165) is 54.3 Å². The zero-order chi connectivity index (χ0) is 20.9. The standard InChI is InChI=1S/C20H33N7O/c1-13-14(2)18(26-25-17(13)16(22-6)7-10-21)27-11-8-15(9-12-27)23-19(28)24-20(3,4)5/h10,15,21H,7-9,11-12H2,1-6H3,(H2,23,24,28). The third-order valence-corrected chi connectivity index (χ3v) is 4.95. The molecule has 2 rings (SSSR count). The lowest BCUT2D eigenvalue weighted by atomic mass is 10.0. The first-order valence-corrected chi connectivity index (χ1v) is 9.78. The fraction of sp³-hybridized carbons (Fsp3) is 0.650. The van der Waals surface area contributed by atoms with Gasteiger partial charge in [-0.15, -0.1) is 10.2 Å². The van der Waals surface area contributed by atoms with E-state index < -0.39 is 0 Å². The van der Waals surface area contributed by atoms with Crippen LogP contribution < -0.4 is 15.5 Å². The van der Waals surface area contributed by atoms with Crippen LogP contribution in [0.4, 0.5) is 10.6 Å². The molecule has 3 N–H and O–H groups in total. The normalized spacial score (nSPS) is 16.1. The van der Waals surface area contributed by atoms with Gasteiger partial charge < -0.3 is 20.9 Å². The van der Waals surface area contributed by atoms with Crippen LogP contribution in [-0.4, -0.2) is 59.9 Å². The van der Waals surface area contributed by atoms with E-state index in [2.05, 4.69) is 37.6 Å². The van der Waals surface area contributed by atoms with Gasteiger partial charge in [0.15, 0.2) is 5.82 Å². The van der Waals surface area contributed by atoms with Crippen molar-refractivity contribution in [1.82, 2.24) is 20.8 Å². The molecule has 0 bridgehead atoms. The summed E-state index contributed by atoms with van der Waals surface area (Å²) in [6, 6.07) is 0.0540. The van der Waals surface area contributed by atoms with Gasteiger partial charge in [-0.05, 0) is 58.6 Å². The average molecular weight is 388 g/mol. The second kappa shape index (κ2) is 9.12. The zero-order valence-electron chi connectivity index (χ0n) is 17.9. The van der Waals surface area contributed by atoms with E-state index in [1.807, 2.05) is 27.7 Å². The van der Waals surface area contributed by atoms with Gasteiger partial charge >= 0.3 is 6.03 Å². The third kappa shape index (κ3) is 5.50. The molecular formula is C20H33N7O. The Morgan fingerprint density at radius 1 is 1.25 bits per heavy atom. The van der Waals surface area contributed by atoms with Crippen LogP contribution in [0.3, 0.4) is 0 Å². The quantitative estimate of drug-likeness (QED) is 0.675. The number of piperidine rings is 1. The summed E-state index contributed by atoms with van der Waals surface area (Å²) in [5.74, 6) is 0.893. The van der Waals surface area contributed by atoms with Crippen LogP contribution in [0, 0.1) is 19.3 Å². The van der Waals surface area contributed by atoms with Crippen molar-refractivity contribution >= 4 is 23.8 Å². The summed E-state index contributed by atoms with van der Waals surface area (Å²) in [7, 11) is 1.72. The summed E-state index contributed by atoms with van der Waals surface area (Å²) in [5, 5.41) is 22.2. The van der Waals surface area contributed by atoms with E-state index in [4.69, 9.17) is 5.41 Å². The monoisotopic (exact) mass is 387 g/mol. The number of rotatable bonds is 5. The van der Waals surface area contributed by atoms with Crippen LogP contribution in [0.15, 0.2) is 4.99 Å². The lowest BCUT2D eigenvalue weighted by Crippen LogP contribution is -2.52. The Kier molecular flexibility index (Phi) is 7.10. The van der Waals surface area contributed by atoms with Crippen molar-refractivity contribution in [3.8, 4) is 0 Å². The maximum absolute atomic E-state index is 12.1. The summed E-state index contributed by atoms with van der Waals surface area (Å²) in [5.41, 5.74) is 3.45. The van der Waals surface area contributed by atoms with Gasteiger partial charge in [0.25, 0.3) is 0 Å². The van der Waals surface area contributed by atoms with Crippen molar-refractivity contribution in [2.24, 2.45) is 4.99 Å². The van der Waals surface area contributed by atoms with Crippen molar-refractivity contribution in [1.29, 1.82) is 5.41 Å². The van der Waals surface area contributed by atoms with Crippen molar-refractivity contribution in [3.63, 3.8) is 0 Å². The predicted molar refractivity (Wildman–Crippen MR) is 114 cm³/mol. The highest BCUT2D eigenvalue weighted by Gasteiger charge is 2.25. The Hall–Kier alpha value is -2.51. The molecule has 2 amide bonds. The number of nitrogens with one attached hydrogen (secondary N) is 3. The maximum atomic E-state index is 12.1. The molecule has 0 spiro atoms. The van der Waals surface area contributed by atoms with Crippen LogP contribution in [0.5, 0.6) is 0 Å². The predicted octanol–water partition coefficient (Wildman–Crippen LogP) is 2.62. The van der Waals surface area contributed by atoms with E-state index in [9.17, 15) is 4.79 Å². The number of hydrogen-bond acceptors (Lipinski definition) is 6. The molecule has 1 saturated heterocycles. The zero-order valence-corrected chi connectivity index (χ0v) is 17.9. The number of aliphatic imine (C=N–C) groups is 1. The topological polar surface area (TPSA) is 106 Å². The molecule has 0 aromatic carbocycles. The highest BCUT2D eigenvalue weighted by Crippen LogP contribution is 2.25. The molecule has 2 heterocycles. The van der Waals surface area contributed by atoms with E-state index in [1.54, 1.807) is 7.05 Å². The molecule has 28 heavy (non-hydrogen) atoms. The fourth-order valence-corrected chi connectivity index (χ4v) is 3.36. The SMILES string of the molecule is CN=C(CC=N)c1nnc(N2CCC(NC(=O)NC(C)(C)C)CC2)c(C)c1C. The maximum Gasteiger partial charge on any atom is 0.315 e. The Morgan fingerprint density at radius 3 is 2.43 bits per heavy atom. The molecule has 8 nitrogen and oxygen atoms in total. The average Bonchev–Trinajstić information content (AvgIpc) is 2.61. The highest BCUT2D eigenvalue weighted by molar-refractivity contribution is 6.06. The Morgan fingerprint density at radius 2 is 1.89 bits per heavy atom. The van der Waals surface area contributed by atoms with E-state index in [-0.39, 0.29) is 17.6 Å². The number of carbonyl (C=O) groups is 1. The molecule has 154 valence electrons. The molecule has 0 unspecified atom stereocenters. The molecule has 0 radical (unpaired) electrons. The summed E-state index contributed by atoms with van der Waals surface area (Å²) in [4.78, 5) is 18.6. The second-order valence-corrected chi connectivity index (χ2v) is 8.31. The highest BCUT2D eigenvalue weighted by atomic mass is 16.2. The van der Waals surface area contributed by atoms with Gasteiger partial charge in [-0.2, -0.15) is 0 Å². The summed E-state index contributed by atoms with van der Waals surface area (Å²) >= 11 is 0.